The highest BCUT2D eigenvalue weighted by Crippen LogP contribution is 2.20. The van der Waals surface area contributed by atoms with Crippen LogP contribution in [0.25, 0.3) is 11.2 Å². The normalized spacial score (nSPS) is 11.7. The van der Waals surface area contributed by atoms with Gasteiger partial charge < -0.3 is 5.32 Å². The van der Waals surface area contributed by atoms with Crippen LogP contribution in [-0.2, 0) is 6.54 Å². The minimum absolute atomic E-state index is 0.364. The molecule has 0 spiro atoms. The van der Waals surface area contributed by atoms with E-state index in [-0.39, 0.29) is 0 Å². The molecule has 0 aliphatic carbocycles. The second-order valence-electron chi connectivity index (χ2n) is 6.33. The van der Waals surface area contributed by atoms with Crippen LogP contribution in [0.2, 0.25) is 0 Å². The summed E-state index contributed by atoms with van der Waals surface area (Å²) in [6, 6.07) is 10.2. The number of nitrogens with zero attached hydrogens (tertiary/aromatic N) is 5. The second kappa shape index (κ2) is 5.63. The summed E-state index contributed by atoms with van der Waals surface area (Å²) in [5.74, 6) is 1.31. The van der Waals surface area contributed by atoms with Gasteiger partial charge in [-0.15, -0.1) is 0 Å². The van der Waals surface area contributed by atoms with Crippen molar-refractivity contribution in [2.45, 2.75) is 33.2 Å². The average molecular weight is 320 g/mol. The molecule has 1 N–H and O–H groups in total. The lowest BCUT2D eigenvalue weighted by Gasteiger charge is -2.11. The van der Waals surface area contributed by atoms with Crippen molar-refractivity contribution in [1.29, 1.82) is 0 Å². The zero-order chi connectivity index (χ0) is 16.7. The van der Waals surface area contributed by atoms with Gasteiger partial charge in [0, 0.05) is 36.1 Å². The van der Waals surface area contributed by atoms with Crippen LogP contribution in [0.5, 0.6) is 0 Å². The Hall–Kier alpha value is -2.89. The smallest absolute Gasteiger partial charge is 0.157 e. The molecule has 0 amide bonds. The molecular formula is C18H20N6. The molecule has 4 rings (SSSR count). The minimum Gasteiger partial charge on any atom is -0.366 e. The largest absolute Gasteiger partial charge is 0.366 e. The lowest BCUT2D eigenvalue weighted by molar-refractivity contribution is 0.806. The fourth-order valence-corrected chi connectivity index (χ4v) is 2.84. The lowest BCUT2D eigenvalue weighted by Crippen LogP contribution is -2.08. The molecule has 0 aromatic carbocycles. The summed E-state index contributed by atoms with van der Waals surface area (Å²) in [4.78, 5) is 4.70. The first kappa shape index (κ1) is 14.7. The minimum atomic E-state index is 0.364. The van der Waals surface area contributed by atoms with E-state index in [4.69, 9.17) is 4.98 Å². The summed E-state index contributed by atoms with van der Waals surface area (Å²) in [5.41, 5.74) is 5.15. The summed E-state index contributed by atoms with van der Waals surface area (Å²) in [7, 11) is 0. The predicted molar refractivity (Wildman–Crippen MR) is 94.3 cm³/mol. The molecule has 0 aliphatic heterocycles. The maximum absolute atomic E-state index is 4.70. The van der Waals surface area contributed by atoms with Crippen LogP contribution < -0.4 is 5.32 Å². The monoisotopic (exact) mass is 320 g/mol. The summed E-state index contributed by atoms with van der Waals surface area (Å²) < 4.78 is 3.75. The maximum Gasteiger partial charge on any atom is 0.157 e. The first-order valence-electron chi connectivity index (χ1n) is 8.14. The number of hydrogen-bond donors (Lipinski definition) is 1. The van der Waals surface area contributed by atoms with Gasteiger partial charge in [0.15, 0.2) is 5.65 Å². The van der Waals surface area contributed by atoms with Crippen LogP contribution in [-0.4, -0.2) is 24.2 Å². The Kier molecular flexibility index (Phi) is 3.45. The number of aromatic nitrogens is 5. The van der Waals surface area contributed by atoms with Crippen molar-refractivity contribution in [3.8, 4) is 0 Å². The quantitative estimate of drug-likeness (QED) is 0.626. The predicted octanol–water partition coefficient (Wildman–Crippen LogP) is 3.42. The van der Waals surface area contributed by atoms with Crippen molar-refractivity contribution in [3.05, 3.63) is 59.7 Å². The van der Waals surface area contributed by atoms with Crippen LogP contribution in [0.1, 0.15) is 36.7 Å². The maximum atomic E-state index is 4.70. The molecule has 4 aromatic heterocycles. The number of pyridine rings is 1. The molecular weight excluding hydrogens is 300 g/mol. The van der Waals surface area contributed by atoms with Crippen molar-refractivity contribution in [3.63, 3.8) is 0 Å². The molecule has 0 saturated heterocycles. The Labute approximate surface area is 140 Å². The van der Waals surface area contributed by atoms with Crippen LogP contribution in [0.15, 0.2) is 42.7 Å². The first-order valence-corrected chi connectivity index (χ1v) is 8.14. The van der Waals surface area contributed by atoms with Gasteiger partial charge in [0.2, 0.25) is 0 Å². The molecule has 0 unspecified atom stereocenters. The third-order valence-electron chi connectivity index (χ3n) is 4.13. The van der Waals surface area contributed by atoms with E-state index in [9.17, 15) is 0 Å². The third-order valence-corrected chi connectivity index (χ3v) is 4.13. The standard InChI is InChI=1S/C18H20N6/c1-12(2)15-9-17(24-18(21-15)8-13(3)22-24)19-10-14-11-20-23-7-5-4-6-16(14)23/h4-9,11-12,19H,10H2,1-3H3. The van der Waals surface area contributed by atoms with Gasteiger partial charge in [0.1, 0.15) is 5.82 Å². The van der Waals surface area contributed by atoms with E-state index in [2.05, 4.69) is 41.5 Å². The van der Waals surface area contributed by atoms with Crippen molar-refractivity contribution in [1.82, 2.24) is 24.2 Å². The van der Waals surface area contributed by atoms with E-state index in [1.165, 1.54) is 0 Å². The summed E-state index contributed by atoms with van der Waals surface area (Å²) >= 11 is 0. The van der Waals surface area contributed by atoms with Crippen molar-refractivity contribution in [2.24, 2.45) is 0 Å². The van der Waals surface area contributed by atoms with Gasteiger partial charge in [-0.1, -0.05) is 19.9 Å². The Morgan fingerprint density at radius 1 is 1.21 bits per heavy atom. The highest BCUT2D eigenvalue weighted by atomic mass is 15.3. The summed E-state index contributed by atoms with van der Waals surface area (Å²) in [5, 5.41) is 12.4. The van der Waals surface area contributed by atoms with Gasteiger partial charge >= 0.3 is 0 Å². The fourth-order valence-electron chi connectivity index (χ4n) is 2.84. The Morgan fingerprint density at radius 2 is 2.08 bits per heavy atom. The van der Waals surface area contributed by atoms with Gasteiger partial charge in [-0.3, -0.25) is 0 Å². The number of rotatable bonds is 4. The third kappa shape index (κ3) is 2.50. The van der Waals surface area contributed by atoms with Crippen molar-refractivity contribution in [2.75, 3.05) is 5.32 Å². The molecule has 4 heterocycles. The lowest BCUT2D eigenvalue weighted by atomic mass is 10.1. The molecule has 0 bridgehead atoms. The fraction of sp³-hybridized carbons (Fsp3) is 0.278. The zero-order valence-corrected chi connectivity index (χ0v) is 14.1. The summed E-state index contributed by atoms with van der Waals surface area (Å²) in [6.45, 7) is 6.97. The Balaban J connectivity index is 1.71. The van der Waals surface area contributed by atoms with E-state index in [1.54, 1.807) is 0 Å². The van der Waals surface area contributed by atoms with Gasteiger partial charge in [0.05, 0.1) is 17.4 Å². The van der Waals surface area contributed by atoms with E-state index in [0.29, 0.717) is 12.5 Å². The van der Waals surface area contributed by atoms with Gasteiger partial charge in [-0.05, 0) is 25.0 Å². The van der Waals surface area contributed by atoms with Crippen LogP contribution in [0.3, 0.4) is 0 Å². The van der Waals surface area contributed by atoms with Gasteiger partial charge in [-0.25, -0.2) is 9.50 Å². The molecule has 122 valence electrons. The zero-order valence-electron chi connectivity index (χ0n) is 14.1. The number of anilines is 1. The van der Waals surface area contributed by atoms with E-state index >= 15 is 0 Å². The highest BCUT2D eigenvalue weighted by Gasteiger charge is 2.11. The molecule has 0 saturated carbocycles. The topological polar surface area (TPSA) is 59.5 Å². The molecule has 0 aliphatic rings. The van der Waals surface area contributed by atoms with E-state index in [0.717, 1.165) is 33.9 Å². The highest BCUT2D eigenvalue weighted by molar-refractivity contribution is 5.56. The second-order valence-corrected chi connectivity index (χ2v) is 6.33. The van der Waals surface area contributed by atoms with Crippen LogP contribution in [0, 0.1) is 6.92 Å². The Morgan fingerprint density at radius 3 is 2.92 bits per heavy atom. The van der Waals surface area contributed by atoms with Gasteiger partial charge in [-0.2, -0.15) is 14.7 Å². The van der Waals surface area contributed by atoms with Crippen LogP contribution in [0.4, 0.5) is 5.82 Å². The SMILES string of the molecule is Cc1cc2nc(C(C)C)cc(NCc3cnn4ccccc34)n2n1. The van der Waals surface area contributed by atoms with Gasteiger partial charge in [0.25, 0.3) is 0 Å². The molecule has 0 fully saturated rings. The number of fused-ring (bicyclic) bond motifs is 2. The average Bonchev–Trinajstić information content (AvgIpc) is 3.14. The van der Waals surface area contributed by atoms with Crippen molar-refractivity contribution < 1.29 is 0 Å². The van der Waals surface area contributed by atoms with Crippen molar-refractivity contribution >= 4 is 17.0 Å². The molecule has 0 atom stereocenters. The summed E-state index contributed by atoms with van der Waals surface area (Å²) in [6.07, 6.45) is 3.86. The molecule has 0 radical (unpaired) electrons. The van der Waals surface area contributed by atoms with E-state index < -0.39 is 0 Å². The molecule has 24 heavy (non-hydrogen) atoms. The van der Waals surface area contributed by atoms with E-state index in [1.807, 2.05) is 46.5 Å². The molecule has 4 aromatic rings. The number of aryl methyl sites for hydroxylation is 1. The number of nitrogens with one attached hydrogen (secondary N) is 1. The Bertz CT molecular complexity index is 1010. The number of hydrogen-bond acceptors (Lipinski definition) is 4. The first-order chi connectivity index (χ1) is 11.6. The molecule has 6 heteroatoms. The molecule has 6 nitrogen and oxygen atoms in total. The van der Waals surface area contributed by atoms with Crippen LogP contribution >= 0.6 is 0 Å².